The van der Waals surface area contributed by atoms with Crippen molar-refractivity contribution in [1.82, 2.24) is 0 Å². The van der Waals surface area contributed by atoms with E-state index in [9.17, 15) is 4.79 Å². The van der Waals surface area contributed by atoms with Crippen LogP contribution in [0.4, 0.5) is 0 Å². The molecule has 3 atom stereocenters. The molecule has 2 aliphatic rings. The molecule has 0 aromatic rings. The highest BCUT2D eigenvalue weighted by molar-refractivity contribution is 5.73. The molecule has 11 heavy (non-hydrogen) atoms. The fourth-order valence-corrected chi connectivity index (χ4v) is 2.27. The van der Waals surface area contributed by atoms with E-state index < -0.39 is 5.97 Å². The Bertz CT molecular complexity index is 208. The first kappa shape index (κ1) is 6.89. The average Bonchev–Trinajstić information content (AvgIpc) is 2.32. The third kappa shape index (κ3) is 1.06. The van der Waals surface area contributed by atoms with Crippen LogP contribution in [0.1, 0.15) is 19.3 Å². The maximum absolute atomic E-state index is 10.7. The minimum atomic E-state index is -0.647. The topological polar surface area (TPSA) is 37.3 Å². The van der Waals surface area contributed by atoms with Crippen LogP contribution < -0.4 is 0 Å². The summed E-state index contributed by atoms with van der Waals surface area (Å²) in [5.74, 6) is 0.290. The van der Waals surface area contributed by atoms with Crippen LogP contribution in [0.15, 0.2) is 12.2 Å². The van der Waals surface area contributed by atoms with E-state index in [-0.39, 0.29) is 5.92 Å². The fourth-order valence-electron chi connectivity index (χ4n) is 2.27. The Hall–Kier alpha value is -0.790. The van der Waals surface area contributed by atoms with Crippen LogP contribution in [0.5, 0.6) is 0 Å². The van der Waals surface area contributed by atoms with Crippen molar-refractivity contribution in [2.24, 2.45) is 17.8 Å². The summed E-state index contributed by atoms with van der Waals surface area (Å²) in [4.78, 5) is 10.7. The van der Waals surface area contributed by atoms with Crippen LogP contribution in [0, 0.1) is 17.8 Å². The second kappa shape index (κ2) is 2.36. The van der Waals surface area contributed by atoms with Crippen LogP contribution in [0.25, 0.3) is 0 Å². The SMILES string of the molecule is O=C(O)C1C=CC2CCC1C2. The predicted octanol–water partition coefficient (Wildman–Crippen LogP) is 1.67. The van der Waals surface area contributed by atoms with E-state index in [0.29, 0.717) is 11.8 Å². The second-order valence-corrected chi connectivity index (χ2v) is 3.58. The highest BCUT2D eigenvalue weighted by Crippen LogP contribution is 2.41. The lowest BCUT2D eigenvalue weighted by Gasteiger charge is -2.19. The van der Waals surface area contributed by atoms with Gasteiger partial charge in [-0.15, -0.1) is 0 Å². The monoisotopic (exact) mass is 152 g/mol. The number of hydrogen-bond acceptors (Lipinski definition) is 1. The second-order valence-electron chi connectivity index (χ2n) is 3.58. The van der Waals surface area contributed by atoms with Gasteiger partial charge in [0.05, 0.1) is 5.92 Å². The lowest BCUT2D eigenvalue weighted by atomic mass is 9.85. The van der Waals surface area contributed by atoms with E-state index in [4.69, 9.17) is 5.11 Å². The number of carboxylic acid groups (broad SMARTS) is 1. The van der Waals surface area contributed by atoms with Crippen molar-refractivity contribution in [3.05, 3.63) is 12.2 Å². The van der Waals surface area contributed by atoms with Gasteiger partial charge in [0, 0.05) is 0 Å². The maximum Gasteiger partial charge on any atom is 0.310 e. The first-order valence-electron chi connectivity index (χ1n) is 4.18. The van der Waals surface area contributed by atoms with Gasteiger partial charge >= 0.3 is 5.97 Å². The molecule has 2 rings (SSSR count). The van der Waals surface area contributed by atoms with E-state index in [0.717, 1.165) is 12.8 Å². The summed E-state index contributed by atoms with van der Waals surface area (Å²) in [6.45, 7) is 0. The molecule has 0 aromatic heterocycles. The molecule has 2 nitrogen and oxygen atoms in total. The van der Waals surface area contributed by atoms with Crippen molar-refractivity contribution in [1.29, 1.82) is 0 Å². The molecule has 0 spiro atoms. The normalized spacial score (nSPS) is 40.9. The van der Waals surface area contributed by atoms with Gasteiger partial charge in [-0.05, 0) is 31.1 Å². The van der Waals surface area contributed by atoms with Gasteiger partial charge in [0.2, 0.25) is 0 Å². The van der Waals surface area contributed by atoms with Crippen LogP contribution >= 0.6 is 0 Å². The van der Waals surface area contributed by atoms with Crippen LogP contribution in [0.2, 0.25) is 0 Å². The quantitative estimate of drug-likeness (QED) is 0.580. The molecule has 0 amide bonds. The van der Waals surface area contributed by atoms with E-state index in [2.05, 4.69) is 6.08 Å². The summed E-state index contributed by atoms with van der Waals surface area (Å²) in [7, 11) is 0. The summed E-state index contributed by atoms with van der Waals surface area (Å²) >= 11 is 0. The minimum absolute atomic E-state index is 0.186. The van der Waals surface area contributed by atoms with Crippen molar-refractivity contribution in [2.45, 2.75) is 19.3 Å². The molecule has 0 heterocycles. The lowest BCUT2D eigenvalue weighted by molar-refractivity contribution is -0.141. The number of carboxylic acids is 1. The largest absolute Gasteiger partial charge is 0.481 e. The highest BCUT2D eigenvalue weighted by Gasteiger charge is 2.35. The third-order valence-corrected chi connectivity index (χ3v) is 2.90. The smallest absolute Gasteiger partial charge is 0.310 e. The molecule has 60 valence electrons. The van der Waals surface area contributed by atoms with E-state index in [1.807, 2.05) is 6.08 Å². The summed E-state index contributed by atoms with van der Waals surface area (Å²) in [5.41, 5.74) is 0. The molecule has 2 aliphatic carbocycles. The Labute approximate surface area is 65.9 Å². The molecular weight excluding hydrogens is 140 g/mol. The Morgan fingerprint density at radius 3 is 2.91 bits per heavy atom. The van der Waals surface area contributed by atoms with E-state index >= 15 is 0 Å². The summed E-state index contributed by atoms with van der Waals surface area (Å²) in [5, 5.41) is 8.81. The van der Waals surface area contributed by atoms with Gasteiger partial charge in [0.25, 0.3) is 0 Å². The number of fused-ring (bicyclic) bond motifs is 2. The van der Waals surface area contributed by atoms with Crippen molar-refractivity contribution in [2.75, 3.05) is 0 Å². The van der Waals surface area contributed by atoms with Gasteiger partial charge in [0.1, 0.15) is 0 Å². The zero-order valence-electron chi connectivity index (χ0n) is 6.36. The number of carbonyl (C=O) groups is 1. The summed E-state index contributed by atoms with van der Waals surface area (Å²) in [6.07, 6.45) is 7.38. The molecular formula is C9H12O2. The molecule has 1 fully saturated rings. The number of aliphatic carboxylic acids is 1. The molecule has 1 saturated carbocycles. The Kier molecular flexibility index (Phi) is 1.48. The standard InChI is InChI=1S/C9H12O2/c10-9(11)8-4-2-6-1-3-7(8)5-6/h2,4,6-8H,1,3,5H2,(H,10,11). The summed E-state index contributed by atoms with van der Waals surface area (Å²) < 4.78 is 0. The zero-order chi connectivity index (χ0) is 7.84. The van der Waals surface area contributed by atoms with Crippen molar-refractivity contribution in [3.8, 4) is 0 Å². The third-order valence-electron chi connectivity index (χ3n) is 2.90. The molecule has 0 aromatic carbocycles. The first-order valence-corrected chi connectivity index (χ1v) is 4.18. The maximum atomic E-state index is 10.7. The van der Waals surface area contributed by atoms with E-state index in [1.54, 1.807) is 0 Å². The number of allylic oxidation sites excluding steroid dienone is 1. The van der Waals surface area contributed by atoms with Crippen molar-refractivity contribution < 1.29 is 9.90 Å². The highest BCUT2D eigenvalue weighted by atomic mass is 16.4. The Morgan fingerprint density at radius 2 is 2.18 bits per heavy atom. The molecule has 2 heteroatoms. The van der Waals surface area contributed by atoms with Crippen LogP contribution in [-0.2, 0) is 4.79 Å². The average molecular weight is 152 g/mol. The van der Waals surface area contributed by atoms with Crippen molar-refractivity contribution >= 4 is 5.97 Å². The first-order chi connectivity index (χ1) is 5.27. The minimum Gasteiger partial charge on any atom is -0.481 e. The van der Waals surface area contributed by atoms with Gasteiger partial charge in [-0.25, -0.2) is 0 Å². The van der Waals surface area contributed by atoms with Crippen LogP contribution in [-0.4, -0.2) is 11.1 Å². The molecule has 0 saturated heterocycles. The lowest BCUT2D eigenvalue weighted by Crippen LogP contribution is -2.21. The van der Waals surface area contributed by atoms with Gasteiger partial charge in [-0.3, -0.25) is 4.79 Å². The van der Waals surface area contributed by atoms with Crippen molar-refractivity contribution in [3.63, 3.8) is 0 Å². The molecule has 0 aliphatic heterocycles. The molecule has 3 unspecified atom stereocenters. The van der Waals surface area contributed by atoms with Gasteiger partial charge in [-0.1, -0.05) is 12.2 Å². The molecule has 1 N–H and O–H groups in total. The predicted molar refractivity (Wildman–Crippen MR) is 41.1 cm³/mol. The summed E-state index contributed by atoms with van der Waals surface area (Å²) in [6, 6.07) is 0. The Balaban J connectivity index is 2.18. The van der Waals surface area contributed by atoms with Crippen LogP contribution in [0.3, 0.4) is 0 Å². The zero-order valence-corrected chi connectivity index (χ0v) is 6.36. The Morgan fingerprint density at radius 1 is 1.36 bits per heavy atom. The number of hydrogen-bond donors (Lipinski definition) is 1. The van der Waals surface area contributed by atoms with Gasteiger partial charge in [0.15, 0.2) is 0 Å². The van der Waals surface area contributed by atoms with E-state index in [1.165, 1.54) is 6.42 Å². The molecule has 0 radical (unpaired) electrons. The number of rotatable bonds is 1. The fraction of sp³-hybridized carbons (Fsp3) is 0.667. The molecule has 2 bridgehead atoms. The van der Waals surface area contributed by atoms with Gasteiger partial charge < -0.3 is 5.11 Å². The van der Waals surface area contributed by atoms with Gasteiger partial charge in [-0.2, -0.15) is 0 Å².